The van der Waals surface area contributed by atoms with Crippen molar-refractivity contribution in [3.63, 3.8) is 0 Å². The topological polar surface area (TPSA) is 79.9 Å². The van der Waals surface area contributed by atoms with E-state index in [9.17, 15) is 9.59 Å². The van der Waals surface area contributed by atoms with Crippen LogP contribution in [0.1, 0.15) is 30.1 Å². The summed E-state index contributed by atoms with van der Waals surface area (Å²) >= 11 is 1.36. The Bertz CT molecular complexity index is 1110. The van der Waals surface area contributed by atoms with Crippen molar-refractivity contribution in [3.05, 3.63) is 61.7 Å². The van der Waals surface area contributed by atoms with Crippen molar-refractivity contribution in [2.24, 2.45) is 0 Å². The van der Waals surface area contributed by atoms with E-state index >= 15 is 0 Å². The number of fused-ring (bicyclic) bond motifs is 1. The van der Waals surface area contributed by atoms with E-state index in [0.717, 1.165) is 24.0 Å². The molecule has 1 fully saturated rings. The minimum absolute atomic E-state index is 0.0191. The van der Waals surface area contributed by atoms with E-state index < -0.39 is 17.5 Å². The van der Waals surface area contributed by atoms with Crippen LogP contribution in [-0.2, 0) is 16.0 Å². The summed E-state index contributed by atoms with van der Waals surface area (Å²) < 4.78 is 23.9. The summed E-state index contributed by atoms with van der Waals surface area (Å²) in [6, 6.07) is 7.61. The molecule has 1 aliphatic heterocycles. The number of benzene rings is 1. The Morgan fingerprint density at radius 3 is 2.76 bits per heavy atom. The van der Waals surface area contributed by atoms with Gasteiger partial charge < -0.3 is 18.6 Å². The van der Waals surface area contributed by atoms with E-state index in [1.54, 1.807) is 7.11 Å². The summed E-state index contributed by atoms with van der Waals surface area (Å²) in [4.78, 5) is 25.3. The number of aromatic nitrogens is 1. The zero-order chi connectivity index (χ0) is 20.4. The molecule has 29 heavy (non-hydrogen) atoms. The second kappa shape index (κ2) is 8.52. The molecule has 8 heteroatoms. The first-order valence-electron chi connectivity index (χ1n) is 9.56. The van der Waals surface area contributed by atoms with Gasteiger partial charge in [-0.15, -0.1) is 11.3 Å². The zero-order valence-electron chi connectivity index (χ0n) is 16.4. The molecular weight excluding hydrogens is 394 g/mol. The lowest BCUT2D eigenvalue weighted by molar-refractivity contribution is -0.0756. The number of para-hydroxylation sites is 1. The Hall–Kier alpha value is -2.42. The van der Waals surface area contributed by atoms with Crippen molar-refractivity contribution < 1.29 is 18.6 Å². The Kier molecular flexibility index (Phi) is 5.84. The third-order valence-corrected chi connectivity index (χ3v) is 6.28. The lowest BCUT2D eigenvalue weighted by Crippen LogP contribution is -2.31. The van der Waals surface area contributed by atoms with Crippen LogP contribution in [-0.4, -0.2) is 31.0 Å². The number of methoxy groups -OCH3 is 1. The molecule has 0 bridgehead atoms. The van der Waals surface area contributed by atoms with Gasteiger partial charge in [-0.25, -0.2) is 9.59 Å². The van der Waals surface area contributed by atoms with E-state index in [-0.39, 0.29) is 12.6 Å². The second-order valence-corrected chi connectivity index (χ2v) is 7.90. The molecular formula is C21H23NO6S. The van der Waals surface area contributed by atoms with Gasteiger partial charge in [-0.3, -0.25) is 4.57 Å². The van der Waals surface area contributed by atoms with Crippen molar-refractivity contribution in [1.82, 2.24) is 4.57 Å². The third-order valence-electron chi connectivity index (χ3n) is 5.16. The summed E-state index contributed by atoms with van der Waals surface area (Å²) in [5, 5.41) is 2.30. The predicted molar refractivity (Wildman–Crippen MR) is 110 cm³/mol. The lowest BCUT2D eigenvalue weighted by Gasteiger charge is -2.29. The number of nitrogens with zero attached hydrogens (tertiary/aromatic N) is 1. The molecule has 0 saturated carbocycles. The van der Waals surface area contributed by atoms with Crippen LogP contribution >= 0.6 is 11.3 Å². The Balaban J connectivity index is 1.77. The highest BCUT2D eigenvalue weighted by atomic mass is 32.1. The van der Waals surface area contributed by atoms with Gasteiger partial charge in [-0.2, -0.15) is 0 Å². The van der Waals surface area contributed by atoms with E-state index in [2.05, 4.69) is 0 Å². The maximum atomic E-state index is 12.6. The first-order valence-corrected chi connectivity index (χ1v) is 10.4. The molecule has 1 aromatic carbocycles. The highest BCUT2D eigenvalue weighted by Crippen LogP contribution is 2.32. The molecule has 1 atom stereocenters. The van der Waals surface area contributed by atoms with E-state index in [0.29, 0.717) is 29.2 Å². The van der Waals surface area contributed by atoms with Crippen LogP contribution in [0.2, 0.25) is 0 Å². The van der Waals surface area contributed by atoms with Gasteiger partial charge in [0.1, 0.15) is 16.7 Å². The highest BCUT2D eigenvalue weighted by Gasteiger charge is 2.26. The van der Waals surface area contributed by atoms with Crippen LogP contribution in [0.5, 0.6) is 5.75 Å². The Morgan fingerprint density at radius 2 is 2.00 bits per heavy atom. The quantitative estimate of drug-likeness (QED) is 0.612. The Labute approximate surface area is 171 Å². The number of hydrogen-bond acceptors (Lipinski definition) is 7. The van der Waals surface area contributed by atoms with Crippen LogP contribution in [0.15, 0.2) is 43.7 Å². The molecule has 0 N–H and O–H groups in total. The molecule has 7 nitrogen and oxygen atoms in total. The molecule has 0 amide bonds. The van der Waals surface area contributed by atoms with Gasteiger partial charge in [0.25, 0.3) is 0 Å². The van der Waals surface area contributed by atoms with Crippen molar-refractivity contribution in [2.45, 2.75) is 38.5 Å². The molecule has 0 spiro atoms. The molecule has 2 aromatic heterocycles. The second-order valence-electron chi connectivity index (χ2n) is 7.04. The number of aryl methyl sites for hydroxylation is 1. The molecule has 1 saturated heterocycles. The SMILES string of the molecule is COc1ccccc1[C@H](Cn1c(=O)oc(=O)c2c(C)csc21)OC1CCOCC1. The number of rotatable bonds is 6. The van der Waals surface area contributed by atoms with Crippen molar-refractivity contribution in [2.75, 3.05) is 20.3 Å². The van der Waals surface area contributed by atoms with Gasteiger partial charge in [0, 0.05) is 18.8 Å². The lowest BCUT2D eigenvalue weighted by atomic mass is 10.1. The maximum Gasteiger partial charge on any atom is 0.423 e. The van der Waals surface area contributed by atoms with Crippen LogP contribution in [0.4, 0.5) is 0 Å². The minimum Gasteiger partial charge on any atom is -0.496 e. The normalized spacial score (nSPS) is 16.2. The van der Waals surface area contributed by atoms with E-state index in [1.165, 1.54) is 15.9 Å². The predicted octanol–water partition coefficient (Wildman–Crippen LogP) is 3.27. The molecule has 0 unspecified atom stereocenters. The van der Waals surface area contributed by atoms with Gasteiger partial charge in [0.05, 0.1) is 25.1 Å². The molecule has 154 valence electrons. The highest BCUT2D eigenvalue weighted by molar-refractivity contribution is 7.17. The van der Waals surface area contributed by atoms with Gasteiger partial charge in [-0.05, 0) is 36.8 Å². The van der Waals surface area contributed by atoms with Gasteiger partial charge in [0.15, 0.2) is 0 Å². The average Bonchev–Trinajstić information content (AvgIpc) is 3.13. The summed E-state index contributed by atoms with van der Waals surface area (Å²) in [6.45, 7) is 3.35. The van der Waals surface area contributed by atoms with Crippen molar-refractivity contribution in [1.29, 1.82) is 0 Å². The fraction of sp³-hybridized carbons (Fsp3) is 0.429. The van der Waals surface area contributed by atoms with Crippen LogP contribution in [0.25, 0.3) is 10.2 Å². The zero-order valence-corrected chi connectivity index (χ0v) is 17.2. The summed E-state index contributed by atoms with van der Waals surface area (Å²) in [7, 11) is 1.61. The van der Waals surface area contributed by atoms with E-state index in [1.807, 2.05) is 36.6 Å². The van der Waals surface area contributed by atoms with Gasteiger partial charge >= 0.3 is 11.4 Å². The number of ether oxygens (including phenoxy) is 3. The van der Waals surface area contributed by atoms with Crippen LogP contribution in [0, 0.1) is 6.92 Å². The standard InChI is InChI=1S/C21H23NO6S/c1-13-12-29-19-18(13)20(23)28-21(24)22(19)11-17(27-14-7-9-26-10-8-14)15-5-3-4-6-16(15)25-2/h3-6,12,14,17H,7-11H2,1-2H3/t17-/m0/s1. The molecule has 3 aromatic rings. The third kappa shape index (κ3) is 4.01. The smallest absolute Gasteiger partial charge is 0.423 e. The molecule has 1 aliphatic rings. The largest absolute Gasteiger partial charge is 0.496 e. The molecule has 0 radical (unpaired) electrons. The van der Waals surface area contributed by atoms with Crippen LogP contribution < -0.4 is 16.1 Å². The average molecular weight is 417 g/mol. The van der Waals surface area contributed by atoms with Crippen molar-refractivity contribution >= 4 is 21.6 Å². The summed E-state index contributed by atoms with van der Waals surface area (Å²) in [5.41, 5.74) is 1.05. The summed E-state index contributed by atoms with van der Waals surface area (Å²) in [6.07, 6.45) is 1.16. The van der Waals surface area contributed by atoms with Gasteiger partial charge in [-0.1, -0.05) is 18.2 Å². The maximum absolute atomic E-state index is 12.6. The van der Waals surface area contributed by atoms with Crippen LogP contribution in [0.3, 0.4) is 0 Å². The van der Waals surface area contributed by atoms with Crippen molar-refractivity contribution in [3.8, 4) is 5.75 Å². The van der Waals surface area contributed by atoms with Gasteiger partial charge in [0.2, 0.25) is 0 Å². The Morgan fingerprint density at radius 1 is 1.24 bits per heavy atom. The van der Waals surface area contributed by atoms with E-state index in [4.69, 9.17) is 18.6 Å². The fourth-order valence-electron chi connectivity index (χ4n) is 3.66. The monoisotopic (exact) mass is 417 g/mol. The number of thiophene rings is 1. The summed E-state index contributed by atoms with van der Waals surface area (Å²) in [5.74, 6) is 0.00780. The minimum atomic E-state index is -0.681. The number of hydrogen-bond donors (Lipinski definition) is 0. The first-order chi connectivity index (χ1) is 14.1. The molecule has 4 rings (SSSR count). The fourth-order valence-corrected chi connectivity index (χ4v) is 4.71. The molecule has 0 aliphatic carbocycles. The first kappa shape index (κ1) is 19.9. The molecule has 3 heterocycles.